The number of anilines is 1. The summed E-state index contributed by atoms with van der Waals surface area (Å²) in [7, 11) is 2.06. The molecule has 0 saturated carbocycles. The van der Waals surface area contributed by atoms with Gasteiger partial charge >= 0.3 is 0 Å². The molecule has 0 bridgehead atoms. The van der Waals surface area contributed by atoms with Crippen LogP contribution >= 0.6 is 0 Å². The second-order valence-corrected chi connectivity index (χ2v) is 4.37. The zero-order valence-electron chi connectivity index (χ0n) is 10.3. The van der Waals surface area contributed by atoms with Crippen LogP contribution in [0.25, 0.3) is 10.8 Å². The molecule has 0 amide bonds. The second-order valence-electron chi connectivity index (χ2n) is 4.37. The number of rotatable bonds is 1. The first-order chi connectivity index (χ1) is 8.84. The fourth-order valence-corrected chi connectivity index (χ4v) is 2.19. The summed E-state index contributed by atoms with van der Waals surface area (Å²) >= 11 is 0. The molecular weight excluding hydrogens is 220 g/mol. The highest BCUT2D eigenvalue weighted by Gasteiger charge is 2.11. The van der Waals surface area contributed by atoms with Gasteiger partial charge in [-0.3, -0.25) is 0 Å². The van der Waals surface area contributed by atoms with Crippen molar-refractivity contribution < 1.29 is 4.57 Å². The average molecular weight is 235 g/mol. The molecule has 0 atom stereocenters. The van der Waals surface area contributed by atoms with Crippen LogP contribution in [-0.4, -0.2) is 0 Å². The van der Waals surface area contributed by atoms with Crippen molar-refractivity contribution in [3.05, 3.63) is 73.4 Å². The van der Waals surface area contributed by atoms with Gasteiger partial charge in [0.25, 0.3) is 0 Å². The minimum atomic E-state index is 1.19. The highest BCUT2D eigenvalue weighted by atomic mass is 15.1. The predicted octanol–water partition coefficient (Wildman–Crippen LogP) is 3.07. The number of hydrogen-bond donors (Lipinski definition) is 0. The molecule has 0 radical (unpaired) electrons. The van der Waals surface area contributed by atoms with Gasteiger partial charge < -0.3 is 4.90 Å². The number of pyridine rings is 1. The van der Waals surface area contributed by atoms with Crippen molar-refractivity contribution in [2.24, 2.45) is 7.05 Å². The molecule has 3 rings (SSSR count). The van der Waals surface area contributed by atoms with Gasteiger partial charge in [-0.25, -0.2) is 4.57 Å². The standard InChI is InChI=1S/C16H15N2/c1-17-12-14-8-4-5-9-15(14)16(13-17)18-10-6-2-3-7-11-18/h2-13H,1H3/q+1. The lowest BCUT2D eigenvalue weighted by molar-refractivity contribution is -0.669. The lowest BCUT2D eigenvalue weighted by Crippen LogP contribution is -2.28. The molecule has 2 aromatic rings. The molecule has 2 heteroatoms. The predicted molar refractivity (Wildman–Crippen MR) is 75.0 cm³/mol. The highest BCUT2D eigenvalue weighted by molar-refractivity contribution is 5.93. The van der Waals surface area contributed by atoms with Crippen LogP contribution in [0, 0.1) is 0 Å². The van der Waals surface area contributed by atoms with Crippen molar-refractivity contribution in [1.82, 2.24) is 0 Å². The lowest BCUT2D eigenvalue weighted by atomic mass is 10.1. The zero-order chi connectivity index (χ0) is 12.4. The molecule has 0 fully saturated rings. The van der Waals surface area contributed by atoms with Gasteiger partial charge in [0.05, 0.1) is 0 Å². The Labute approximate surface area is 107 Å². The largest absolute Gasteiger partial charge is 0.318 e. The Morgan fingerprint density at radius 3 is 2.39 bits per heavy atom. The first-order valence-corrected chi connectivity index (χ1v) is 6.02. The number of hydrogen-bond acceptors (Lipinski definition) is 1. The van der Waals surface area contributed by atoms with Crippen molar-refractivity contribution in [3.8, 4) is 0 Å². The number of aryl methyl sites for hydroxylation is 1. The third kappa shape index (κ3) is 1.93. The Morgan fingerprint density at radius 2 is 1.61 bits per heavy atom. The summed E-state index contributed by atoms with van der Waals surface area (Å²) in [6.07, 6.45) is 16.6. The Hall–Kier alpha value is -2.35. The molecule has 2 heterocycles. The smallest absolute Gasteiger partial charge is 0.193 e. The van der Waals surface area contributed by atoms with Crippen molar-refractivity contribution >= 4 is 16.5 Å². The Bertz CT molecular complexity index is 650. The first-order valence-electron chi connectivity index (χ1n) is 6.02. The quantitative estimate of drug-likeness (QED) is 0.689. The topological polar surface area (TPSA) is 7.12 Å². The van der Waals surface area contributed by atoms with E-state index in [1.165, 1.54) is 16.5 Å². The van der Waals surface area contributed by atoms with E-state index in [1.54, 1.807) is 0 Å². The van der Waals surface area contributed by atoms with Gasteiger partial charge in [-0.2, -0.15) is 0 Å². The molecule has 1 aromatic heterocycles. The van der Waals surface area contributed by atoms with Gasteiger partial charge in [-0.15, -0.1) is 0 Å². The summed E-state index contributed by atoms with van der Waals surface area (Å²) in [4.78, 5) is 2.14. The van der Waals surface area contributed by atoms with E-state index >= 15 is 0 Å². The van der Waals surface area contributed by atoms with Crippen molar-refractivity contribution in [2.75, 3.05) is 4.90 Å². The molecule has 88 valence electrons. The summed E-state index contributed by atoms with van der Waals surface area (Å²) in [5.41, 5.74) is 1.19. The van der Waals surface area contributed by atoms with E-state index in [1.807, 2.05) is 24.3 Å². The van der Waals surface area contributed by atoms with Crippen molar-refractivity contribution in [1.29, 1.82) is 0 Å². The van der Waals surface area contributed by atoms with Crippen LogP contribution in [-0.2, 0) is 7.05 Å². The SMILES string of the molecule is C[n+]1cc(N2C=CC=CC=C2)c2ccccc2c1. The third-order valence-electron chi connectivity index (χ3n) is 3.01. The van der Waals surface area contributed by atoms with Crippen molar-refractivity contribution in [3.63, 3.8) is 0 Å². The maximum Gasteiger partial charge on any atom is 0.193 e. The van der Waals surface area contributed by atoms with Crippen LogP contribution in [0.15, 0.2) is 73.4 Å². The van der Waals surface area contributed by atoms with E-state index in [2.05, 4.69) is 65.6 Å². The van der Waals surface area contributed by atoms with E-state index in [-0.39, 0.29) is 0 Å². The molecular formula is C16H15N2+. The van der Waals surface area contributed by atoms with Gasteiger partial charge in [0.1, 0.15) is 12.7 Å². The fraction of sp³-hybridized carbons (Fsp3) is 0.0625. The number of allylic oxidation sites excluding steroid dienone is 4. The molecule has 0 aliphatic carbocycles. The minimum absolute atomic E-state index is 1.19. The molecule has 0 N–H and O–H groups in total. The number of nitrogens with zero attached hydrogens (tertiary/aromatic N) is 2. The zero-order valence-corrected chi connectivity index (χ0v) is 10.3. The summed E-state index contributed by atoms with van der Waals surface area (Å²) in [6.45, 7) is 0. The maximum absolute atomic E-state index is 2.16. The molecule has 1 aliphatic rings. The molecule has 1 aromatic carbocycles. The van der Waals surface area contributed by atoms with Crippen LogP contribution in [0.1, 0.15) is 0 Å². The molecule has 0 spiro atoms. The molecule has 0 saturated heterocycles. The van der Waals surface area contributed by atoms with Gasteiger partial charge in [-0.05, 0) is 18.2 Å². The van der Waals surface area contributed by atoms with Crippen LogP contribution in [0.4, 0.5) is 5.69 Å². The van der Waals surface area contributed by atoms with Gasteiger partial charge in [0, 0.05) is 23.2 Å². The Kier molecular flexibility index (Phi) is 2.69. The summed E-state index contributed by atoms with van der Waals surface area (Å²) in [5, 5.41) is 2.50. The molecule has 1 aliphatic heterocycles. The third-order valence-corrected chi connectivity index (χ3v) is 3.01. The molecule has 18 heavy (non-hydrogen) atoms. The summed E-state index contributed by atoms with van der Waals surface area (Å²) in [5.74, 6) is 0. The minimum Gasteiger partial charge on any atom is -0.318 e. The Morgan fingerprint density at radius 1 is 0.889 bits per heavy atom. The monoisotopic (exact) mass is 235 g/mol. The average Bonchev–Trinajstić information content (AvgIpc) is 2.66. The Balaban J connectivity index is 2.22. The normalized spacial score (nSPS) is 14.2. The number of benzene rings is 1. The molecule has 0 unspecified atom stereocenters. The van der Waals surface area contributed by atoms with Crippen LogP contribution < -0.4 is 9.47 Å². The van der Waals surface area contributed by atoms with E-state index in [4.69, 9.17) is 0 Å². The van der Waals surface area contributed by atoms with E-state index in [0.29, 0.717) is 0 Å². The first kappa shape index (κ1) is 10.8. The maximum atomic E-state index is 2.16. The van der Waals surface area contributed by atoms with Crippen LogP contribution in [0.5, 0.6) is 0 Å². The van der Waals surface area contributed by atoms with Gasteiger partial charge in [0.15, 0.2) is 12.4 Å². The fourth-order valence-electron chi connectivity index (χ4n) is 2.19. The van der Waals surface area contributed by atoms with E-state index in [0.717, 1.165) is 0 Å². The highest BCUT2D eigenvalue weighted by Crippen LogP contribution is 2.25. The number of fused-ring (bicyclic) bond motifs is 1. The van der Waals surface area contributed by atoms with Gasteiger partial charge in [-0.1, -0.05) is 30.4 Å². The van der Waals surface area contributed by atoms with E-state index in [9.17, 15) is 0 Å². The second kappa shape index (κ2) is 4.49. The summed E-state index contributed by atoms with van der Waals surface area (Å²) < 4.78 is 2.09. The van der Waals surface area contributed by atoms with Crippen LogP contribution in [0.3, 0.4) is 0 Å². The molecule has 2 nitrogen and oxygen atoms in total. The lowest BCUT2D eigenvalue weighted by Gasteiger charge is -2.15. The van der Waals surface area contributed by atoms with Crippen molar-refractivity contribution in [2.45, 2.75) is 0 Å². The van der Waals surface area contributed by atoms with Gasteiger partial charge in [0.2, 0.25) is 0 Å². The summed E-state index contributed by atoms with van der Waals surface area (Å²) in [6, 6.07) is 8.45. The van der Waals surface area contributed by atoms with E-state index < -0.39 is 0 Å². The number of aromatic nitrogens is 1. The van der Waals surface area contributed by atoms with Crippen LogP contribution in [0.2, 0.25) is 0 Å².